The molecule has 0 bridgehead atoms. The summed E-state index contributed by atoms with van der Waals surface area (Å²) < 4.78 is 24.0. The van der Waals surface area contributed by atoms with Crippen molar-refractivity contribution in [1.82, 2.24) is 9.78 Å². The highest BCUT2D eigenvalue weighted by Crippen LogP contribution is 2.40. The lowest BCUT2D eigenvalue weighted by atomic mass is 10.0. The number of ether oxygens (including phenoxy) is 4. The molecule has 0 N–H and O–H groups in total. The van der Waals surface area contributed by atoms with Crippen molar-refractivity contribution in [1.29, 1.82) is 0 Å². The van der Waals surface area contributed by atoms with Crippen LogP contribution in [0.1, 0.15) is 5.56 Å². The Morgan fingerprint density at radius 3 is 2.33 bits per heavy atom. The van der Waals surface area contributed by atoms with Gasteiger partial charge in [-0.2, -0.15) is 5.10 Å². The van der Waals surface area contributed by atoms with E-state index >= 15 is 0 Å². The number of fused-ring (bicyclic) bond motifs is 2. The van der Waals surface area contributed by atoms with Gasteiger partial charge in [-0.05, 0) is 34.9 Å². The van der Waals surface area contributed by atoms with Crippen LogP contribution in [-0.4, -0.2) is 37.7 Å². The van der Waals surface area contributed by atoms with E-state index in [0.717, 1.165) is 40.9 Å². The van der Waals surface area contributed by atoms with Crippen molar-refractivity contribution < 1.29 is 18.9 Å². The number of benzene rings is 3. The fourth-order valence-corrected chi connectivity index (χ4v) is 3.96. The number of hydrogen-bond acceptors (Lipinski definition) is 5. The van der Waals surface area contributed by atoms with Gasteiger partial charge in [0.2, 0.25) is 5.75 Å². The summed E-state index contributed by atoms with van der Waals surface area (Å²) in [5.41, 5.74) is 5.38. The Kier molecular flexibility index (Phi) is 4.47. The smallest absolute Gasteiger partial charge is 0.203 e. The number of aromatic nitrogens is 2. The number of methoxy groups -OCH3 is 3. The predicted octanol–water partition coefficient (Wildman–Crippen LogP) is 4.65. The first-order valence-corrected chi connectivity index (χ1v) is 9.76. The lowest BCUT2D eigenvalue weighted by Crippen LogP contribution is -2.01. The van der Waals surface area contributed by atoms with Gasteiger partial charge in [-0.1, -0.05) is 18.2 Å². The summed E-state index contributed by atoms with van der Waals surface area (Å²) in [6.07, 6.45) is 2.81. The first kappa shape index (κ1) is 18.4. The average Bonchev–Trinajstić information content (AvgIpc) is 3.43. The second-order valence-electron chi connectivity index (χ2n) is 7.13. The van der Waals surface area contributed by atoms with Gasteiger partial charge in [0, 0.05) is 23.9 Å². The third-order valence-corrected chi connectivity index (χ3v) is 5.49. The maximum Gasteiger partial charge on any atom is 0.203 e. The predicted molar refractivity (Wildman–Crippen MR) is 115 cm³/mol. The van der Waals surface area contributed by atoms with E-state index in [1.165, 1.54) is 11.1 Å². The molecule has 0 aliphatic carbocycles. The molecule has 6 nitrogen and oxygen atoms in total. The summed E-state index contributed by atoms with van der Waals surface area (Å²) in [6, 6.07) is 16.5. The van der Waals surface area contributed by atoms with E-state index in [9.17, 15) is 0 Å². The molecule has 0 saturated carbocycles. The lowest BCUT2D eigenvalue weighted by molar-refractivity contribution is 0.324. The summed E-state index contributed by atoms with van der Waals surface area (Å²) in [5, 5.41) is 5.66. The van der Waals surface area contributed by atoms with Crippen LogP contribution >= 0.6 is 0 Å². The van der Waals surface area contributed by atoms with E-state index in [0.29, 0.717) is 17.2 Å². The van der Waals surface area contributed by atoms with Crippen molar-refractivity contribution in [2.45, 2.75) is 6.42 Å². The Balaban J connectivity index is 1.64. The molecule has 152 valence electrons. The van der Waals surface area contributed by atoms with Gasteiger partial charge in [-0.3, -0.25) is 0 Å². The quantitative estimate of drug-likeness (QED) is 0.486. The standard InChI is InChI=1S/C24H22N2O4/c1-27-22-12-19(13-23(28-2)24(22)29-3)26-20-11-16(4-5-18(20)14-25-26)15-6-7-21-17(10-15)8-9-30-21/h4-7,10-14H,8-9H2,1-3H3. The monoisotopic (exact) mass is 402 g/mol. The molecule has 0 amide bonds. The summed E-state index contributed by atoms with van der Waals surface area (Å²) in [5.74, 6) is 2.72. The highest BCUT2D eigenvalue weighted by molar-refractivity contribution is 5.86. The van der Waals surface area contributed by atoms with E-state index in [-0.39, 0.29) is 0 Å². The molecule has 0 atom stereocenters. The van der Waals surface area contributed by atoms with E-state index in [4.69, 9.17) is 18.9 Å². The minimum absolute atomic E-state index is 0.557. The number of nitrogens with zero attached hydrogens (tertiary/aromatic N) is 2. The minimum atomic E-state index is 0.557. The fourth-order valence-electron chi connectivity index (χ4n) is 3.96. The largest absolute Gasteiger partial charge is 0.493 e. The van der Waals surface area contributed by atoms with Gasteiger partial charge in [0.25, 0.3) is 0 Å². The molecule has 0 radical (unpaired) electrons. The van der Waals surface area contributed by atoms with Crippen molar-refractivity contribution in [3.05, 3.63) is 60.3 Å². The maximum atomic E-state index is 5.64. The van der Waals surface area contributed by atoms with Gasteiger partial charge < -0.3 is 18.9 Å². The molecular weight excluding hydrogens is 380 g/mol. The van der Waals surface area contributed by atoms with E-state index in [1.54, 1.807) is 21.3 Å². The topological polar surface area (TPSA) is 54.7 Å². The van der Waals surface area contributed by atoms with Gasteiger partial charge >= 0.3 is 0 Å². The van der Waals surface area contributed by atoms with E-state index in [2.05, 4.69) is 41.5 Å². The minimum Gasteiger partial charge on any atom is -0.493 e. The van der Waals surface area contributed by atoms with Gasteiger partial charge in [0.15, 0.2) is 11.5 Å². The van der Waals surface area contributed by atoms with E-state index in [1.807, 2.05) is 23.0 Å². The molecule has 0 fully saturated rings. The zero-order chi connectivity index (χ0) is 20.7. The fraction of sp³-hybridized carbons (Fsp3) is 0.208. The second kappa shape index (κ2) is 7.30. The molecule has 0 spiro atoms. The third kappa shape index (κ3) is 2.92. The first-order chi connectivity index (χ1) is 14.7. The zero-order valence-corrected chi connectivity index (χ0v) is 17.1. The molecule has 0 saturated heterocycles. The molecule has 1 aromatic heterocycles. The van der Waals surface area contributed by atoms with Crippen molar-refractivity contribution in [2.24, 2.45) is 0 Å². The van der Waals surface area contributed by atoms with Gasteiger partial charge in [-0.15, -0.1) is 0 Å². The van der Waals surface area contributed by atoms with Crippen LogP contribution in [0.15, 0.2) is 54.7 Å². The van der Waals surface area contributed by atoms with Crippen LogP contribution < -0.4 is 18.9 Å². The van der Waals surface area contributed by atoms with E-state index < -0.39 is 0 Å². The lowest BCUT2D eigenvalue weighted by Gasteiger charge is -2.14. The second-order valence-corrected chi connectivity index (χ2v) is 7.13. The Bertz CT molecular complexity index is 1220. The Labute approximate surface area is 174 Å². The molecule has 0 unspecified atom stereocenters. The van der Waals surface area contributed by atoms with Crippen LogP contribution in [0.25, 0.3) is 27.7 Å². The number of rotatable bonds is 5. The van der Waals surface area contributed by atoms with Crippen molar-refractivity contribution in [2.75, 3.05) is 27.9 Å². The zero-order valence-electron chi connectivity index (χ0n) is 17.1. The molecular formula is C24H22N2O4. The van der Waals surface area contributed by atoms with Gasteiger partial charge in [-0.25, -0.2) is 4.68 Å². The molecule has 30 heavy (non-hydrogen) atoms. The molecule has 6 heteroatoms. The summed E-state index contributed by atoms with van der Waals surface area (Å²) in [4.78, 5) is 0. The SMILES string of the molecule is COc1cc(-n2ncc3ccc(-c4ccc5c(c4)CCO5)cc32)cc(OC)c1OC. The average molecular weight is 402 g/mol. The third-order valence-electron chi connectivity index (χ3n) is 5.49. The van der Waals surface area contributed by atoms with Crippen LogP contribution in [0.2, 0.25) is 0 Å². The van der Waals surface area contributed by atoms with Crippen molar-refractivity contribution in [3.8, 4) is 39.8 Å². The van der Waals surface area contributed by atoms with Crippen LogP contribution in [0.3, 0.4) is 0 Å². The molecule has 1 aliphatic rings. The van der Waals surface area contributed by atoms with Crippen LogP contribution in [-0.2, 0) is 6.42 Å². The normalized spacial score (nSPS) is 12.5. The van der Waals surface area contributed by atoms with Crippen LogP contribution in [0.5, 0.6) is 23.0 Å². The summed E-state index contributed by atoms with van der Waals surface area (Å²) >= 11 is 0. The molecule has 1 aliphatic heterocycles. The molecule has 2 heterocycles. The maximum absolute atomic E-state index is 5.64. The molecule has 3 aromatic carbocycles. The van der Waals surface area contributed by atoms with Gasteiger partial charge in [0.1, 0.15) is 5.75 Å². The van der Waals surface area contributed by atoms with Crippen LogP contribution in [0.4, 0.5) is 0 Å². The first-order valence-electron chi connectivity index (χ1n) is 9.76. The van der Waals surface area contributed by atoms with Gasteiger partial charge in [0.05, 0.1) is 45.3 Å². The van der Waals surface area contributed by atoms with Crippen molar-refractivity contribution in [3.63, 3.8) is 0 Å². The Hall–Kier alpha value is -3.67. The summed E-state index contributed by atoms with van der Waals surface area (Å²) in [6.45, 7) is 0.756. The summed E-state index contributed by atoms with van der Waals surface area (Å²) in [7, 11) is 4.81. The van der Waals surface area contributed by atoms with Crippen molar-refractivity contribution >= 4 is 10.9 Å². The van der Waals surface area contributed by atoms with Crippen LogP contribution in [0, 0.1) is 0 Å². The Morgan fingerprint density at radius 1 is 0.867 bits per heavy atom. The Morgan fingerprint density at radius 2 is 1.60 bits per heavy atom. The molecule has 5 rings (SSSR count). The molecule has 4 aromatic rings. The highest BCUT2D eigenvalue weighted by atomic mass is 16.5. The number of hydrogen-bond donors (Lipinski definition) is 0. The highest BCUT2D eigenvalue weighted by Gasteiger charge is 2.17.